The molecule has 142 valence electrons. The minimum absolute atomic E-state index is 0.119. The third kappa shape index (κ3) is 3.81. The molecule has 1 saturated heterocycles. The molecule has 1 N–H and O–H groups in total. The highest BCUT2D eigenvalue weighted by Gasteiger charge is 2.19. The Morgan fingerprint density at radius 2 is 1.71 bits per heavy atom. The lowest BCUT2D eigenvalue weighted by atomic mass is 10.1. The molecule has 0 spiro atoms. The van der Waals surface area contributed by atoms with Gasteiger partial charge < -0.3 is 14.8 Å². The van der Waals surface area contributed by atoms with E-state index in [2.05, 4.69) is 9.88 Å². The Morgan fingerprint density at radius 1 is 1.00 bits per heavy atom. The van der Waals surface area contributed by atoms with Gasteiger partial charge in [0, 0.05) is 49.0 Å². The predicted molar refractivity (Wildman–Crippen MR) is 109 cm³/mol. The summed E-state index contributed by atoms with van der Waals surface area (Å²) in [5, 5.41) is 0.919. The van der Waals surface area contributed by atoms with E-state index >= 15 is 0 Å². The van der Waals surface area contributed by atoms with Gasteiger partial charge >= 0.3 is 0 Å². The molecule has 0 atom stereocenters. The van der Waals surface area contributed by atoms with Crippen LogP contribution < -0.4 is 10.5 Å². The Kier molecular flexibility index (Phi) is 4.93. The number of H-pyrrole nitrogens is 1. The van der Waals surface area contributed by atoms with Crippen LogP contribution in [0.15, 0.2) is 65.5 Å². The van der Waals surface area contributed by atoms with Crippen LogP contribution in [-0.4, -0.2) is 42.0 Å². The summed E-state index contributed by atoms with van der Waals surface area (Å²) in [6.45, 7) is 2.52. The molecule has 0 unspecified atom stereocenters. The standard InChI is InChI=1S/C22H20FN3O2/c23-18-6-8-19(9-7-18)25-11-13-26(14-12-25)21(27)10-5-17-15-16-3-1-2-4-20(16)24-22(17)28/h1-10,15H,11-14H2,(H,24,28)/b10-5+. The lowest BCUT2D eigenvalue weighted by Gasteiger charge is -2.35. The largest absolute Gasteiger partial charge is 0.368 e. The second-order valence-electron chi connectivity index (χ2n) is 6.76. The van der Waals surface area contributed by atoms with Crippen molar-refractivity contribution in [3.05, 3.63) is 82.4 Å². The van der Waals surface area contributed by atoms with Gasteiger partial charge in [-0.05, 0) is 47.9 Å². The van der Waals surface area contributed by atoms with Crippen molar-refractivity contribution < 1.29 is 9.18 Å². The van der Waals surface area contributed by atoms with Gasteiger partial charge in [-0.25, -0.2) is 4.39 Å². The van der Waals surface area contributed by atoms with Gasteiger partial charge in [0.1, 0.15) is 5.82 Å². The molecule has 0 saturated carbocycles. The zero-order chi connectivity index (χ0) is 19.5. The van der Waals surface area contributed by atoms with Crippen molar-refractivity contribution in [1.82, 2.24) is 9.88 Å². The van der Waals surface area contributed by atoms with Gasteiger partial charge in [0.2, 0.25) is 5.91 Å². The quantitative estimate of drug-likeness (QED) is 0.714. The summed E-state index contributed by atoms with van der Waals surface area (Å²) in [6, 6.07) is 15.7. The Hall–Kier alpha value is -3.41. The molecule has 5 nitrogen and oxygen atoms in total. The number of hydrogen-bond acceptors (Lipinski definition) is 3. The van der Waals surface area contributed by atoms with Crippen LogP contribution in [-0.2, 0) is 4.79 Å². The number of aromatic amines is 1. The van der Waals surface area contributed by atoms with Crippen molar-refractivity contribution in [2.75, 3.05) is 31.1 Å². The van der Waals surface area contributed by atoms with Crippen molar-refractivity contribution >= 4 is 28.6 Å². The van der Waals surface area contributed by atoms with E-state index in [4.69, 9.17) is 0 Å². The number of benzene rings is 2. The molecule has 0 bridgehead atoms. The number of amides is 1. The number of para-hydroxylation sites is 1. The van der Waals surface area contributed by atoms with Gasteiger partial charge in [-0.1, -0.05) is 18.2 Å². The van der Waals surface area contributed by atoms with Gasteiger partial charge in [0.05, 0.1) is 0 Å². The monoisotopic (exact) mass is 377 g/mol. The molecular formula is C22H20FN3O2. The zero-order valence-electron chi connectivity index (χ0n) is 15.3. The normalized spacial score (nSPS) is 14.8. The smallest absolute Gasteiger partial charge is 0.255 e. The zero-order valence-corrected chi connectivity index (χ0v) is 15.3. The average molecular weight is 377 g/mol. The molecule has 28 heavy (non-hydrogen) atoms. The molecule has 2 heterocycles. The molecule has 4 rings (SSSR count). The molecule has 0 aliphatic carbocycles. The maximum Gasteiger partial charge on any atom is 0.255 e. The van der Waals surface area contributed by atoms with Crippen LogP contribution in [0.5, 0.6) is 0 Å². The highest BCUT2D eigenvalue weighted by atomic mass is 19.1. The molecule has 3 aromatic rings. The molecule has 1 amide bonds. The minimum Gasteiger partial charge on any atom is -0.368 e. The number of anilines is 1. The Bertz CT molecular complexity index is 1080. The molecular weight excluding hydrogens is 357 g/mol. The Balaban J connectivity index is 1.41. The third-order valence-electron chi connectivity index (χ3n) is 4.97. The maximum atomic E-state index is 13.1. The van der Waals surface area contributed by atoms with Crippen molar-refractivity contribution in [3.8, 4) is 0 Å². The maximum absolute atomic E-state index is 13.1. The topological polar surface area (TPSA) is 56.4 Å². The van der Waals surface area contributed by atoms with E-state index in [0.29, 0.717) is 31.7 Å². The van der Waals surface area contributed by atoms with Crippen LogP contribution in [0.2, 0.25) is 0 Å². The van der Waals surface area contributed by atoms with E-state index in [0.717, 1.165) is 16.6 Å². The summed E-state index contributed by atoms with van der Waals surface area (Å²) in [7, 11) is 0. The Morgan fingerprint density at radius 3 is 2.46 bits per heavy atom. The van der Waals surface area contributed by atoms with E-state index in [1.165, 1.54) is 18.2 Å². The number of rotatable bonds is 3. The predicted octanol–water partition coefficient (Wildman–Crippen LogP) is 3.03. The van der Waals surface area contributed by atoms with Crippen molar-refractivity contribution in [2.24, 2.45) is 0 Å². The molecule has 2 aromatic carbocycles. The van der Waals surface area contributed by atoms with Crippen LogP contribution >= 0.6 is 0 Å². The number of fused-ring (bicyclic) bond motifs is 1. The van der Waals surface area contributed by atoms with Crippen LogP contribution in [0.1, 0.15) is 5.56 Å². The van der Waals surface area contributed by atoms with E-state index in [1.54, 1.807) is 29.2 Å². The molecule has 1 aliphatic heterocycles. The first-order valence-corrected chi connectivity index (χ1v) is 9.20. The summed E-state index contributed by atoms with van der Waals surface area (Å²) in [4.78, 5) is 31.4. The van der Waals surface area contributed by atoms with Crippen molar-refractivity contribution in [1.29, 1.82) is 0 Å². The summed E-state index contributed by atoms with van der Waals surface area (Å²) in [6.07, 6.45) is 3.02. The van der Waals surface area contributed by atoms with Crippen molar-refractivity contribution in [2.45, 2.75) is 0 Å². The van der Waals surface area contributed by atoms with Gasteiger partial charge in [-0.15, -0.1) is 0 Å². The van der Waals surface area contributed by atoms with Crippen LogP contribution in [0, 0.1) is 5.82 Å². The van der Waals surface area contributed by atoms with Gasteiger partial charge in [0.15, 0.2) is 0 Å². The highest BCUT2D eigenvalue weighted by molar-refractivity contribution is 5.92. The first kappa shape index (κ1) is 18.0. The lowest BCUT2D eigenvalue weighted by Crippen LogP contribution is -2.48. The molecule has 1 aliphatic rings. The van der Waals surface area contributed by atoms with Gasteiger partial charge in [-0.3, -0.25) is 9.59 Å². The summed E-state index contributed by atoms with van der Waals surface area (Å²) < 4.78 is 13.1. The fraction of sp³-hybridized carbons (Fsp3) is 0.182. The van der Waals surface area contributed by atoms with E-state index in [1.807, 2.05) is 24.3 Å². The Labute approximate surface area is 161 Å². The number of halogens is 1. The number of hydrogen-bond donors (Lipinski definition) is 1. The minimum atomic E-state index is -0.258. The van der Waals surface area contributed by atoms with Crippen LogP contribution in [0.25, 0.3) is 17.0 Å². The number of carbonyl (C=O) groups is 1. The lowest BCUT2D eigenvalue weighted by molar-refractivity contribution is -0.126. The molecule has 1 fully saturated rings. The van der Waals surface area contributed by atoms with Crippen molar-refractivity contribution in [3.63, 3.8) is 0 Å². The SMILES string of the molecule is O=C(/C=C/c1cc2ccccc2[nH]c1=O)N1CCN(c2ccc(F)cc2)CC1. The first-order chi connectivity index (χ1) is 13.6. The van der Waals surface area contributed by atoms with Gasteiger partial charge in [0.25, 0.3) is 5.56 Å². The summed E-state index contributed by atoms with van der Waals surface area (Å²) in [5.74, 6) is -0.377. The first-order valence-electron chi connectivity index (χ1n) is 9.20. The number of pyridine rings is 1. The second-order valence-corrected chi connectivity index (χ2v) is 6.76. The average Bonchev–Trinajstić information content (AvgIpc) is 2.72. The van der Waals surface area contributed by atoms with Crippen LogP contribution in [0.3, 0.4) is 0 Å². The number of nitrogens with one attached hydrogen (secondary N) is 1. The molecule has 0 radical (unpaired) electrons. The fourth-order valence-electron chi connectivity index (χ4n) is 3.39. The molecule has 1 aromatic heterocycles. The number of carbonyl (C=O) groups excluding carboxylic acids is 1. The summed E-state index contributed by atoms with van der Waals surface area (Å²) in [5.41, 5.74) is 1.96. The van der Waals surface area contributed by atoms with Crippen LogP contribution in [0.4, 0.5) is 10.1 Å². The highest BCUT2D eigenvalue weighted by Crippen LogP contribution is 2.17. The number of aromatic nitrogens is 1. The van der Waals surface area contributed by atoms with E-state index < -0.39 is 0 Å². The number of piperazine rings is 1. The third-order valence-corrected chi connectivity index (χ3v) is 4.97. The molecule has 6 heteroatoms. The van der Waals surface area contributed by atoms with E-state index in [-0.39, 0.29) is 17.3 Å². The van der Waals surface area contributed by atoms with Gasteiger partial charge in [-0.2, -0.15) is 0 Å². The second kappa shape index (κ2) is 7.68. The fourth-order valence-corrected chi connectivity index (χ4v) is 3.39. The number of nitrogens with zero attached hydrogens (tertiary/aromatic N) is 2. The summed E-state index contributed by atoms with van der Waals surface area (Å²) >= 11 is 0. The van der Waals surface area contributed by atoms with E-state index in [9.17, 15) is 14.0 Å².